The van der Waals surface area contributed by atoms with Gasteiger partial charge in [0.2, 0.25) is 0 Å². The molecule has 3 N–H and O–H groups in total. The van der Waals surface area contributed by atoms with Gasteiger partial charge in [-0.2, -0.15) is 0 Å². The van der Waals surface area contributed by atoms with Crippen LogP contribution in [-0.4, -0.2) is 42.9 Å². The van der Waals surface area contributed by atoms with Gasteiger partial charge in [-0.1, -0.05) is 0 Å². The zero-order valence-electron chi connectivity index (χ0n) is 7.04. The number of amides is 2. The van der Waals surface area contributed by atoms with Crippen molar-refractivity contribution in [2.45, 2.75) is 12.5 Å². The van der Waals surface area contributed by atoms with Crippen LogP contribution >= 0.6 is 0 Å². The van der Waals surface area contributed by atoms with Crippen LogP contribution in [0.15, 0.2) is 0 Å². The first-order chi connectivity index (χ1) is 5.65. The second-order valence-electron chi connectivity index (χ2n) is 2.89. The molecule has 1 atom stereocenters. The third-order valence-corrected chi connectivity index (χ3v) is 2.09. The van der Waals surface area contributed by atoms with Gasteiger partial charge in [0, 0.05) is 19.1 Å². The molecule has 5 nitrogen and oxygen atoms in total. The third kappa shape index (κ3) is 1.73. The summed E-state index contributed by atoms with van der Waals surface area (Å²) in [4.78, 5) is 23.0. The lowest BCUT2D eigenvalue weighted by molar-refractivity contribution is -0.143. The molecular weight excluding hydrogens is 158 g/mol. The Morgan fingerprint density at radius 1 is 1.58 bits per heavy atom. The number of nitrogens with two attached hydrogens (primary N) is 1. The second kappa shape index (κ2) is 3.53. The average Bonchev–Trinajstić information content (AvgIpc) is 2.50. The molecule has 0 aromatic carbocycles. The summed E-state index contributed by atoms with van der Waals surface area (Å²) in [5, 5.41) is 3.04. The topological polar surface area (TPSA) is 75.4 Å². The molecule has 0 unspecified atom stereocenters. The van der Waals surface area contributed by atoms with E-state index in [-0.39, 0.29) is 0 Å². The molecule has 0 aromatic rings. The number of likely N-dealkylation sites (tertiary alicyclic amines) is 1. The maximum atomic E-state index is 11.0. The lowest BCUT2D eigenvalue weighted by Gasteiger charge is -2.13. The van der Waals surface area contributed by atoms with Crippen molar-refractivity contribution in [2.24, 2.45) is 5.73 Å². The molecule has 1 aliphatic rings. The van der Waals surface area contributed by atoms with Crippen molar-refractivity contribution in [1.82, 2.24) is 10.2 Å². The highest BCUT2D eigenvalue weighted by Crippen LogP contribution is 2.07. The number of nitrogens with zero attached hydrogens (tertiary/aromatic N) is 1. The Bertz CT molecular complexity index is 205. The van der Waals surface area contributed by atoms with E-state index in [9.17, 15) is 9.59 Å². The fourth-order valence-corrected chi connectivity index (χ4v) is 1.34. The fourth-order valence-electron chi connectivity index (χ4n) is 1.34. The molecule has 1 aliphatic heterocycles. The Kier molecular flexibility index (Phi) is 2.65. The van der Waals surface area contributed by atoms with Crippen molar-refractivity contribution >= 4 is 11.8 Å². The van der Waals surface area contributed by atoms with Crippen LogP contribution in [0.4, 0.5) is 0 Å². The van der Waals surface area contributed by atoms with Crippen LogP contribution in [-0.2, 0) is 9.59 Å². The van der Waals surface area contributed by atoms with Gasteiger partial charge >= 0.3 is 11.8 Å². The van der Waals surface area contributed by atoms with Crippen molar-refractivity contribution < 1.29 is 9.59 Å². The first kappa shape index (κ1) is 8.99. The van der Waals surface area contributed by atoms with Gasteiger partial charge in [-0.25, -0.2) is 0 Å². The maximum absolute atomic E-state index is 11.0. The summed E-state index contributed by atoms with van der Waals surface area (Å²) < 4.78 is 0. The van der Waals surface area contributed by atoms with Crippen LogP contribution in [0.1, 0.15) is 6.42 Å². The molecule has 1 saturated heterocycles. The van der Waals surface area contributed by atoms with E-state index in [2.05, 4.69) is 5.32 Å². The molecule has 0 spiro atoms. The fraction of sp³-hybridized carbons (Fsp3) is 0.714. The van der Waals surface area contributed by atoms with E-state index in [1.807, 2.05) is 7.05 Å². The van der Waals surface area contributed by atoms with Crippen molar-refractivity contribution in [2.75, 3.05) is 20.1 Å². The van der Waals surface area contributed by atoms with E-state index in [0.717, 1.165) is 6.42 Å². The molecule has 5 heteroatoms. The van der Waals surface area contributed by atoms with Gasteiger partial charge < -0.3 is 16.0 Å². The van der Waals surface area contributed by atoms with Crippen LogP contribution in [0.25, 0.3) is 0 Å². The summed E-state index contributed by atoms with van der Waals surface area (Å²) in [6.07, 6.45) is 0.884. The van der Waals surface area contributed by atoms with Crippen molar-refractivity contribution in [1.29, 1.82) is 0 Å². The lowest BCUT2D eigenvalue weighted by Crippen LogP contribution is -2.40. The minimum atomic E-state index is -0.869. The van der Waals surface area contributed by atoms with Crippen LogP contribution in [0.5, 0.6) is 0 Å². The molecular formula is C7H13N3O2. The SMILES string of the molecule is CN[C@@H]1CCN(C(=O)C(N)=O)C1. The van der Waals surface area contributed by atoms with Crippen LogP contribution < -0.4 is 11.1 Å². The molecule has 12 heavy (non-hydrogen) atoms. The zero-order chi connectivity index (χ0) is 9.14. The van der Waals surface area contributed by atoms with Gasteiger partial charge in [0.1, 0.15) is 0 Å². The van der Waals surface area contributed by atoms with Gasteiger partial charge in [0.25, 0.3) is 0 Å². The monoisotopic (exact) mass is 171 g/mol. The Morgan fingerprint density at radius 2 is 2.25 bits per heavy atom. The van der Waals surface area contributed by atoms with Gasteiger partial charge in [-0.3, -0.25) is 9.59 Å². The number of carbonyl (C=O) groups excluding carboxylic acids is 2. The standard InChI is InChI=1S/C7H13N3O2/c1-9-5-2-3-10(4-5)7(12)6(8)11/h5,9H,2-4H2,1H3,(H2,8,11)/t5-/m1/s1. The number of primary amides is 1. The largest absolute Gasteiger partial charge is 0.361 e. The van der Waals surface area contributed by atoms with Gasteiger partial charge in [0.05, 0.1) is 0 Å². The zero-order valence-corrected chi connectivity index (χ0v) is 7.04. The molecule has 0 aromatic heterocycles. The van der Waals surface area contributed by atoms with E-state index < -0.39 is 11.8 Å². The Balaban J connectivity index is 2.46. The number of likely N-dealkylation sites (N-methyl/N-ethyl adjacent to an activating group) is 1. The molecule has 1 heterocycles. The van der Waals surface area contributed by atoms with Crippen molar-refractivity contribution in [3.8, 4) is 0 Å². The number of nitrogens with one attached hydrogen (secondary N) is 1. The number of hydrogen-bond donors (Lipinski definition) is 2. The molecule has 0 radical (unpaired) electrons. The molecule has 0 aliphatic carbocycles. The van der Waals surface area contributed by atoms with E-state index in [4.69, 9.17) is 5.73 Å². The average molecular weight is 171 g/mol. The predicted molar refractivity (Wildman–Crippen MR) is 43.2 cm³/mol. The summed E-state index contributed by atoms with van der Waals surface area (Å²) in [6, 6.07) is 0.299. The number of rotatable bonds is 1. The number of carbonyl (C=O) groups is 2. The van der Waals surface area contributed by atoms with Gasteiger partial charge in [-0.15, -0.1) is 0 Å². The Labute approximate surface area is 70.9 Å². The summed E-state index contributed by atoms with van der Waals surface area (Å²) in [5.41, 5.74) is 4.85. The van der Waals surface area contributed by atoms with E-state index in [0.29, 0.717) is 19.1 Å². The Morgan fingerprint density at radius 3 is 2.67 bits per heavy atom. The first-order valence-corrected chi connectivity index (χ1v) is 3.91. The minimum Gasteiger partial charge on any atom is -0.361 e. The van der Waals surface area contributed by atoms with E-state index in [1.54, 1.807) is 0 Å². The normalized spacial score (nSPS) is 22.8. The second-order valence-corrected chi connectivity index (χ2v) is 2.89. The minimum absolute atomic E-state index is 0.299. The third-order valence-electron chi connectivity index (χ3n) is 2.09. The summed E-state index contributed by atoms with van der Waals surface area (Å²) >= 11 is 0. The van der Waals surface area contributed by atoms with E-state index >= 15 is 0 Å². The summed E-state index contributed by atoms with van der Waals surface area (Å²) in [5.74, 6) is -1.44. The maximum Gasteiger partial charge on any atom is 0.311 e. The molecule has 68 valence electrons. The molecule has 1 rings (SSSR count). The highest BCUT2D eigenvalue weighted by atomic mass is 16.2. The van der Waals surface area contributed by atoms with Gasteiger partial charge in [0.15, 0.2) is 0 Å². The first-order valence-electron chi connectivity index (χ1n) is 3.91. The van der Waals surface area contributed by atoms with Crippen LogP contribution in [0.3, 0.4) is 0 Å². The summed E-state index contributed by atoms with van der Waals surface area (Å²) in [7, 11) is 1.84. The highest BCUT2D eigenvalue weighted by Gasteiger charge is 2.27. The quantitative estimate of drug-likeness (QED) is 0.461. The van der Waals surface area contributed by atoms with Crippen LogP contribution in [0, 0.1) is 0 Å². The Hall–Kier alpha value is -1.10. The van der Waals surface area contributed by atoms with Gasteiger partial charge in [-0.05, 0) is 13.5 Å². The predicted octanol–water partition coefficient (Wildman–Crippen LogP) is -1.71. The van der Waals surface area contributed by atoms with Crippen molar-refractivity contribution in [3.05, 3.63) is 0 Å². The molecule has 0 bridgehead atoms. The molecule has 0 saturated carbocycles. The molecule has 1 fully saturated rings. The lowest BCUT2D eigenvalue weighted by atomic mass is 10.3. The smallest absolute Gasteiger partial charge is 0.311 e. The number of hydrogen-bond acceptors (Lipinski definition) is 3. The van der Waals surface area contributed by atoms with Crippen molar-refractivity contribution in [3.63, 3.8) is 0 Å². The van der Waals surface area contributed by atoms with Crippen LogP contribution in [0.2, 0.25) is 0 Å². The van der Waals surface area contributed by atoms with E-state index in [1.165, 1.54) is 4.90 Å². The summed E-state index contributed by atoms with van der Waals surface area (Å²) in [6.45, 7) is 1.20. The highest BCUT2D eigenvalue weighted by molar-refractivity contribution is 6.34. The molecule has 2 amide bonds.